The molecule has 0 radical (unpaired) electrons. The summed E-state index contributed by atoms with van der Waals surface area (Å²) in [6.45, 7) is 2.32. The second-order valence-electron chi connectivity index (χ2n) is 4.96. The van der Waals surface area contributed by atoms with Crippen LogP contribution in [0.15, 0.2) is 18.2 Å². The summed E-state index contributed by atoms with van der Waals surface area (Å²) < 4.78 is 22.7. The van der Waals surface area contributed by atoms with Crippen LogP contribution in [0.25, 0.3) is 0 Å². The zero-order valence-electron chi connectivity index (χ0n) is 10.6. The molecule has 0 amide bonds. The standard InChI is InChI=1S/C12H16N2O4S/c1-9-4-11(6-12(5-9)14(15)16)13-7-10-2-3-19(17,18)8-10/h4-6,10,13H,2-3,7-8H2,1H3. The molecular weight excluding hydrogens is 268 g/mol. The number of hydrogen-bond acceptors (Lipinski definition) is 5. The van der Waals surface area contributed by atoms with Crippen LogP contribution in [0.2, 0.25) is 0 Å². The maximum atomic E-state index is 11.3. The Kier molecular flexibility index (Phi) is 3.75. The van der Waals surface area contributed by atoms with E-state index in [4.69, 9.17) is 0 Å². The van der Waals surface area contributed by atoms with Gasteiger partial charge in [-0.05, 0) is 30.9 Å². The number of rotatable bonds is 4. The zero-order valence-corrected chi connectivity index (χ0v) is 11.4. The first-order valence-electron chi connectivity index (χ1n) is 6.06. The van der Waals surface area contributed by atoms with Crippen LogP contribution in [0.1, 0.15) is 12.0 Å². The second-order valence-corrected chi connectivity index (χ2v) is 7.19. The van der Waals surface area contributed by atoms with Crippen molar-refractivity contribution in [2.45, 2.75) is 13.3 Å². The second kappa shape index (κ2) is 5.16. The van der Waals surface area contributed by atoms with Gasteiger partial charge >= 0.3 is 0 Å². The third-order valence-corrected chi connectivity index (χ3v) is 5.03. The van der Waals surface area contributed by atoms with Gasteiger partial charge in [0.15, 0.2) is 9.84 Å². The van der Waals surface area contributed by atoms with Gasteiger partial charge in [0.25, 0.3) is 5.69 Å². The molecular formula is C12H16N2O4S. The zero-order chi connectivity index (χ0) is 14.0. The topological polar surface area (TPSA) is 89.3 Å². The molecule has 6 nitrogen and oxygen atoms in total. The summed E-state index contributed by atoms with van der Waals surface area (Å²) in [5.74, 6) is 0.533. The summed E-state index contributed by atoms with van der Waals surface area (Å²) in [6.07, 6.45) is 0.656. The van der Waals surface area contributed by atoms with Crippen molar-refractivity contribution in [2.75, 3.05) is 23.4 Å². The number of nitrogens with one attached hydrogen (secondary N) is 1. The number of nitrogens with zero attached hydrogens (tertiary/aromatic N) is 1. The summed E-state index contributed by atoms with van der Waals surface area (Å²) in [5.41, 5.74) is 1.51. The summed E-state index contributed by atoms with van der Waals surface area (Å²) in [4.78, 5) is 10.3. The molecule has 1 fully saturated rings. The Labute approximate surface area is 111 Å². The van der Waals surface area contributed by atoms with Gasteiger partial charge in [0, 0.05) is 24.4 Å². The molecule has 0 saturated carbocycles. The highest BCUT2D eigenvalue weighted by Crippen LogP contribution is 2.23. The highest BCUT2D eigenvalue weighted by atomic mass is 32.2. The first-order chi connectivity index (χ1) is 8.85. The summed E-state index contributed by atoms with van der Waals surface area (Å²) in [5, 5.41) is 13.8. The highest BCUT2D eigenvalue weighted by molar-refractivity contribution is 7.91. The predicted octanol–water partition coefficient (Wildman–Crippen LogP) is 1.75. The molecule has 1 aliphatic rings. The van der Waals surface area contributed by atoms with E-state index in [1.165, 1.54) is 12.1 Å². The molecule has 7 heteroatoms. The number of benzene rings is 1. The minimum absolute atomic E-state index is 0.0431. The number of sulfone groups is 1. The number of aryl methyl sites for hydroxylation is 1. The molecule has 0 aromatic heterocycles. The molecule has 1 N–H and O–H groups in total. The fraction of sp³-hybridized carbons (Fsp3) is 0.500. The maximum Gasteiger partial charge on any atom is 0.271 e. The first-order valence-corrected chi connectivity index (χ1v) is 7.88. The van der Waals surface area contributed by atoms with Gasteiger partial charge < -0.3 is 5.32 Å². The van der Waals surface area contributed by atoms with Gasteiger partial charge in [0.05, 0.1) is 16.4 Å². The number of nitro groups is 1. The van der Waals surface area contributed by atoms with E-state index in [-0.39, 0.29) is 23.1 Å². The fourth-order valence-corrected chi connectivity index (χ4v) is 4.13. The van der Waals surface area contributed by atoms with Crippen LogP contribution < -0.4 is 5.32 Å². The highest BCUT2D eigenvalue weighted by Gasteiger charge is 2.27. The molecule has 1 saturated heterocycles. The lowest BCUT2D eigenvalue weighted by Crippen LogP contribution is -2.15. The van der Waals surface area contributed by atoms with E-state index < -0.39 is 14.8 Å². The summed E-state index contributed by atoms with van der Waals surface area (Å²) in [7, 11) is -2.88. The van der Waals surface area contributed by atoms with Crippen molar-refractivity contribution in [1.82, 2.24) is 0 Å². The molecule has 0 spiro atoms. The van der Waals surface area contributed by atoms with Crippen LogP contribution in [-0.4, -0.2) is 31.4 Å². The molecule has 0 bridgehead atoms. The van der Waals surface area contributed by atoms with Crippen molar-refractivity contribution in [3.05, 3.63) is 33.9 Å². The van der Waals surface area contributed by atoms with Gasteiger partial charge in [-0.2, -0.15) is 0 Å². The Hall–Kier alpha value is -1.63. The summed E-state index contributed by atoms with van der Waals surface area (Å²) >= 11 is 0. The van der Waals surface area contributed by atoms with Crippen LogP contribution in [0.4, 0.5) is 11.4 Å². The van der Waals surface area contributed by atoms with Gasteiger partial charge in [-0.15, -0.1) is 0 Å². The number of nitro benzene ring substituents is 1. The molecule has 2 rings (SSSR count). The average Bonchev–Trinajstić information content (AvgIpc) is 2.65. The Morgan fingerprint density at radius 1 is 1.42 bits per heavy atom. The minimum atomic E-state index is -2.88. The average molecular weight is 284 g/mol. The summed E-state index contributed by atoms with van der Waals surface area (Å²) in [6, 6.07) is 4.79. The van der Waals surface area contributed by atoms with Crippen LogP contribution >= 0.6 is 0 Å². The van der Waals surface area contributed by atoms with E-state index >= 15 is 0 Å². The minimum Gasteiger partial charge on any atom is -0.385 e. The molecule has 19 heavy (non-hydrogen) atoms. The lowest BCUT2D eigenvalue weighted by Gasteiger charge is -2.11. The van der Waals surface area contributed by atoms with Crippen molar-refractivity contribution >= 4 is 21.2 Å². The van der Waals surface area contributed by atoms with E-state index in [1.54, 1.807) is 6.92 Å². The largest absolute Gasteiger partial charge is 0.385 e. The van der Waals surface area contributed by atoms with Gasteiger partial charge in [0.1, 0.15) is 0 Å². The van der Waals surface area contributed by atoms with Crippen LogP contribution in [-0.2, 0) is 9.84 Å². The van der Waals surface area contributed by atoms with Crippen molar-refractivity contribution < 1.29 is 13.3 Å². The van der Waals surface area contributed by atoms with Gasteiger partial charge in [-0.3, -0.25) is 10.1 Å². The normalized spacial score (nSPS) is 21.2. The molecule has 1 atom stereocenters. The third kappa shape index (κ3) is 3.66. The monoisotopic (exact) mass is 284 g/mol. The van der Waals surface area contributed by atoms with Crippen LogP contribution in [0.5, 0.6) is 0 Å². The van der Waals surface area contributed by atoms with E-state index in [0.29, 0.717) is 18.7 Å². The first kappa shape index (κ1) is 13.8. The Morgan fingerprint density at radius 3 is 2.74 bits per heavy atom. The van der Waals surface area contributed by atoms with Crippen molar-refractivity contribution in [2.24, 2.45) is 5.92 Å². The molecule has 1 aromatic carbocycles. The predicted molar refractivity (Wildman–Crippen MR) is 73.1 cm³/mol. The van der Waals surface area contributed by atoms with E-state index in [2.05, 4.69) is 5.32 Å². The van der Waals surface area contributed by atoms with Gasteiger partial charge in [0.2, 0.25) is 0 Å². The molecule has 104 valence electrons. The molecule has 0 aliphatic carbocycles. The van der Waals surface area contributed by atoms with Gasteiger partial charge in [-0.25, -0.2) is 8.42 Å². The lowest BCUT2D eigenvalue weighted by atomic mass is 10.1. The number of hydrogen-bond donors (Lipinski definition) is 1. The SMILES string of the molecule is Cc1cc(NCC2CCS(=O)(=O)C2)cc([N+](=O)[O-])c1. The van der Waals surface area contributed by atoms with E-state index in [9.17, 15) is 18.5 Å². The quantitative estimate of drug-likeness (QED) is 0.672. The van der Waals surface area contributed by atoms with Crippen LogP contribution in [0.3, 0.4) is 0 Å². The Balaban J connectivity index is 2.02. The molecule has 1 aliphatic heterocycles. The molecule has 1 heterocycles. The lowest BCUT2D eigenvalue weighted by molar-refractivity contribution is -0.384. The van der Waals surface area contributed by atoms with Gasteiger partial charge in [-0.1, -0.05) is 0 Å². The van der Waals surface area contributed by atoms with Crippen molar-refractivity contribution in [3.8, 4) is 0 Å². The fourth-order valence-electron chi connectivity index (χ4n) is 2.27. The Bertz CT molecular complexity index is 598. The Morgan fingerprint density at radius 2 is 2.16 bits per heavy atom. The van der Waals surface area contributed by atoms with E-state index in [1.807, 2.05) is 6.07 Å². The van der Waals surface area contributed by atoms with Crippen molar-refractivity contribution in [3.63, 3.8) is 0 Å². The smallest absolute Gasteiger partial charge is 0.271 e. The molecule has 1 unspecified atom stereocenters. The maximum absolute atomic E-state index is 11.3. The molecule has 1 aromatic rings. The van der Waals surface area contributed by atoms with Crippen LogP contribution in [0, 0.1) is 23.0 Å². The number of non-ortho nitro benzene ring substituents is 1. The number of anilines is 1. The van der Waals surface area contributed by atoms with Crippen molar-refractivity contribution in [1.29, 1.82) is 0 Å². The third-order valence-electron chi connectivity index (χ3n) is 3.19. The van der Waals surface area contributed by atoms with E-state index in [0.717, 1.165) is 5.56 Å².